The molecule has 15 heteroatoms. The van der Waals surface area contributed by atoms with E-state index < -0.39 is 94.9 Å². The van der Waals surface area contributed by atoms with Gasteiger partial charge in [-0.2, -0.15) is 0 Å². The van der Waals surface area contributed by atoms with Crippen LogP contribution in [-0.2, 0) is 67.5 Å². The van der Waals surface area contributed by atoms with Crippen LogP contribution in [0.15, 0.2) is 78.9 Å². The average molecular weight is 803 g/mol. The molecule has 0 saturated carbocycles. The number of esters is 5. The van der Waals surface area contributed by atoms with Crippen LogP contribution in [0.1, 0.15) is 43.4 Å². The molecule has 308 valence electrons. The monoisotopic (exact) mass is 802 g/mol. The van der Waals surface area contributed by atoms with Crippen molar-refractivity contribution in [3.63, 3.8) is 0 Å². The van der Waals surface area contributed by atoms with Gasteiger partial charge in [0.1, 0.15) is 58.4 Å². The maximum atomic E-state index is 14.8. The number of benzene rings is 3. The number of carbonyl (C=O) groups excluding carboxylic acids is 5. The van der Waals surface area contributed by atoms with Gasteiger partial charge in [-0.15, -0.1) is 0 Å². The van der Waals surface area contributed by atoms with Gasteiger partial charge in [0.25, 0.3) is 0 Å². The van der Waals surface area contributed by atoms with E-state index in [9.17, 15) is 24.0 Å². The van der Waals surface area contributed by atoms with Gasteiger partial charge in [0.15, 0.2) is 6.10 Å². The van der Waals surface area contributed by atoms with Crippen LogP contribution in [-0.4, -0.2) is 108 Å². The van der Waals surface area contributed by atoms with E-state index in [0.29, 0.717) is 28.2 Å². The molecule has 7 rings (SSSR count). The zero-order valence-electron chi connectivity index (χ0n) is 33.2. The molecule has 4 aliphatic heterocycles. The molecule has 0 radical (unpaired) electrons. The molecule has 4 saturated heterocycles. The summed E-state index contributed by atoms with van der Waals surface area (Å²) in [4.78, 5) is 67.6. The predicted octanol–water partition coefficient (Wildman–Crippen LogP) is 3.69. The first-order chi connectivity index (χ1) is 27.9. The molecule has 10 unspecified atom stereocenters. The molecule has 58 heavy (non-hydrogen) atoms. The van der Waals surface area contributed by atoms with Crippen LogP contribution < -0.4 is 9.47 Å². The fourth-order valence-corrected chi connectivity index (χ4v) is 9.86. The second-order valence-electron chi connectivity index (χ2n) is 14.7. The SMILES string of the molecule is COC(=O)CCC(=O)OC1C(C)C2OC1C1(C(=O)OC)C3OC(C(OC(C)=O)C3OC(c3ccccc3)(c3ccc(OC)cc3)c3ccc(OC)cc3)C21C(=O)OC. The highest BCUT2D eigenvalue weighted by atomic mass is 16.7. The highest BCUT2D eigenvalue weighted by Crippen LogP contribution is 2.74. The lowest BCUT2D eigenvalue weighted by Crippen LogP contribution is -2.75. The Morgan fingerprint density at radius 1 is 0.569 bits per heavy atom. The van der Waals surface area contributed by atoms with Crippen molar-refractivity contribution in [2.24, 2.45) is 16.7 Å². The Morgan fingerprint density at radius 2 is 1.03 bits per heavy atom. The Balaban J connectivity index is 1.45. The van der Waals surface area contributed by atoms with E-state index >= 15 is 0 Å². The molecule has 4 fully saturated rings. The molecule has 10 atom stereocenters. The van der Waals surface area contributed by atoms with Crippen LogP contribution in [0.5, 0.6) is 11.5 Å². The summed E-state index contributed by atoms with van der Waals surface area (Å²) in [5.74, 6) is -3.40. The van der Waals surface area contributed by atoms with Crippen LogP contribution in [0, 0.1) is 16.7 Å². The molecule has 0 amide bonds. The quantitative estimate of drug-likeness (QED) is 0.131. The molecule has 0 N–H and O–H groups in total. The molecule has 4 bridgehead atoms. The molecule has 3 aromatic carbocycles. The lowest BCUT2D eigenvalue weighted by molar-refractivity contribution is -0.217. The summed E-state index contributed by atoms with van der Waals surface area (Å²) in [5, 5.41) is 0. The predicted molar refractivity (Wildman–Crippen MR) is 199 cm³/mol. The lowest BCUT2D eigenvalue weighted by atomic mass is 9.46. The second kappa shape index (κ2) is 15.7. The van der Waals surface area contributed by atoms with E-state index in [-0.39, 0.29) is 12.8 Å². The smallest absolute Gasteiger partial charge is 0.318 e. The van der Waals surface area contributed by atoms with E-state index in [0.717, 1.165) is 0 Å². The third-order valence-corrected chi connectivity index (χ3v) is 12.1. The molecule has 4 aliphatic rings. The van der Waals surface area contributed by atoms with Gasteiger partial charge in [0.05, 0.1) is 54.5 Å². The van der Waals surface area contributed by atoms with Crippen molar-refractivity contribution in [2.45, 2.75) is 75.0 Å². The van der Waals surface area contributed by atoms with Gasteiger partial charge in [0.2, 0.25) is 0 Å². The summed E-state index contributed by atoms with van der Waals surface area (Å²) in [6, 6.07) is 23.8. The zero-order valence-corrected chi connectivity index (χ0v) is 33.2. The maximum Gasteiger partial charge on any atom is 0.318 e. The number of rotatable bonds is 14. The van der Waals surface area contributed by atoms with Crippen LogP contribution in [0.3, 0.4) is 0 Å². The van der Waals surface area contributed by atoms with Crippen LogP contribution in [0.2, 0.25) is 0 Å². The van der Waals surface area contributed by atoms with Gasteiger partial charge in [0, 0.05) is 12.8 Å². The van der Waals surface area contributed by atoms with E-state index in [4.69, 9.17) is 47.4 Å². The van der Waals surface area contributed by atoms with Gasteiger partial charge in [-0.25, -0.2) is 0 Å². The third kappa shape index (κ3) is 5.84. The summed E-state index contributed by atoms with van der Waals surface area (Å²) in [7, 11) is 6.66. The highest BCUT2D eigenvalue weighted by Gasteiger charge is 2.94. The first-order valence-electron chi connectivity index (χ1n) is 18.8. The number of carbonyl (C=O) groups is 5. The van der Waals surface area contributed by atoms with Crippen molar-refractivity contribution < 1.29 is 71.3 Å². The molecule has 3 aromatic rings. The van der Waals surface area contributed by atoms with Crippen LogP contribution >= 0.6 is 0 Å². The minimum absolute atomic E-state index is 0.244. The minimum atomic E-state index is -2.08. The van der Waals surface area contributed by atoms with E-state index in [1.165, 1.54) is 28.3 Å². The standard InChI is InChI=1S/C43H46O15/c1-23-32(55-31(46)22-21-30(45)51-5)36-42(40(48)53-7)38-34(33(54-24(2)44)37(57-38)41(42,35(23)56-36)39(47)52-6)58-43(25-11-9-8-10-12-25,26-13-17-28(49-3)18-14-26)27-15-19-29(50-4)20-16-27/h8-20,23,32-38H,21-22H2,1-7H3. The van der Waals surface area contributed by atoms with E-state index in [2.05, 4.69) is 0 Å². The molecule has 0 aromatic heterocycles. The minimum Gasteiger partial charge on any atom is -0.497 e. The molecule has 0 aliphatic carbocycles. The van der Waals surface area contributed by atoms with Crippen LogP contribution in [0.4, 0.5) is 0 Å². The number of fused-ring (bicyclic) bond motifs is 9. The molecular formula is C43H46O15. The van der Waals surface area contributed by atoms with Gasteiger partial charge in [-0.1, -0.05) is 61.5 Å². The van der Waals surface area contributed by atoms with Gasteiger partial charge in [-0.3, -0.25) is 24.0 Å². The molecule has 15 nitrogen and oxygen atoms in total. The Kier molecular flexibility index (Phi) is 11.0. The summed E-state index contributed by atoms with van der Waals surface area (Å²) in [6.45, 7) is 2.94. The van der Waals surface area contributed by atoms with Gasteiger partial charge in [-0.05, 0) is 41.0 Å². The van der Waals surface area contributed by atoms with Gasteiger partial charge >= 0.3 is 29.8 Å². The Hall–Kier alpha value is -5.51. The largest absolute Gasteiger partial charge is 0.497 e. The molecule has 4 heterocycles. The van der Waals surface area contributed by atoms with E-state index in [1.54, 1.807) is 45.4 Å². The highest BCUT2D eigenvalue weighted by molar-refractivity contribution is 5.94. The fourth-order valence-electron chi connectivity index (χ4n) is 9.86. The Morgan fingerprint density at radius 3 is 1.53 bits per heavy atom. The Bertz CT molecular complexity index is 1990. The average Bonchev–Trinajstić information content (AvgIpc) is 3.96. The summed E-state index contributed by atoms with van der Waals surface area (Å²) >= 11 is 0. The fraction of sp³-hybridized carbons (Fsp3) is 0.465. The van der Waals surface area contributed by atoms with Crippen molar-refractivity contribution in [1.29, 1.82) is 0 Å². The number of ether oxygens (including phenoxy) is 10. The number of hydrogen-bond donors (Lipinski definition) is 0. The summed E-state index contributed by atoms with van der Waals surface area (Å²) in [6.07, 6.45) is -9.59. The first kappa shape index (κ1) is 40.7. The summed E-state index contributed by atoms with van der Waals surface area (Å²) < 4.78 is 59.7. The van der Waals surface area contributed by atoms with Crippen LogP contribution in [0.25, 0.3) is 0 Å². The number of methoxy groups -OCH3 is 5. The zero-order chi connectivity index (χ0) is 41.6. The van der Waals surface area contributed by atoms with Crippen molar-refractivity contribution in [3.8, 4) is 11.5 Å². The maximum absolute atomic E-state index is 14.8. The first-order valence-corrected chi connectivity index (χ1v) is 18.8. The van der Waals surface area contributed by atoms with Crippen molar-refractivity contribution >= 4 is 29.8 Å². The van der Waals surface area contributed by atoms with E-state index in [1.807, 2.05) is 54.6 Å². The van der Waals surface area contributed by atoms with Gasteiger partial charge < -0.3 is 47.4 Å². The van der Waals surface area contributed by atoms with Crippen molar-refractivity contribution in [2.75, 3.05) is 35.5 Å². The topological polar surface area (TPSA) is 178 Å². The lowest BCUT2D eigenvalue weighted by Gasteiger charge is -2.53. The summed E-state index contributed by atoms with van der Waals surface area (Å²) in [5.41, 5.74) is -3.67. The molecule has 0 spiro atoms. The number of hydrogen-bond acceptors (Lipinski definition) is 15. The Labute approximate surface area is 335 Å². The normalized spacial score (nSPS) is 30.2. The third-order valence-electron chi connectivity index (χ3n) is 12.1. The second-order valence-corrected chi connectivity index (χ2v) is 14.7. The van der Waals surface area contributed by atoms with Crippen molar-refractivity contribution in [1.82, 2.24) is 0 Å². The van der Waals surface area contributed by atoms with Crippen molar-refractivity contribution in [3.05, 3.63) is 95.6 Å². The molecular weight excluding hydrogens is 756 g/mol.